The third-order valence-corrected chi connectivity index (χ3v) is 3.68. The van der Waals surface area contributed by atoms with E-state index in [9.17, 15) is 0 Å². The summed E-state index contributed by atoms with van der Waals surface area (Å²) in [6.07, 6.45) is 5.54. The first kappa shape index (κ1) is 12.8. The van der Waals surface area contributed by atoms with Crippen LogP contribution in [-0.4, -0.2) is 35.6 Å². The van der Waals surface area contributed by atoms with Gasteiger partial charge in [0.1, 0.15) is 5.82 Å². The molecule has 0 radical (unpaired) electrons. The topological polar surface area (TPSA) is 28.2 Å². The van der Waals surface area contributed by atoms with Crippen molar-refractivity contribution in [3.8, 4) is 0 Å². The molecule has 0 amide bonds. The second kappa shape index (κ2) is 6.36. The average molecular weight is 298 g/mol. The van der Waals surface area contributed by atoms with E-state index in [0.717, 1.165) is 10.3 Å². The molecule has 0 bridgehead atoms. The van der Waals surface area contributed by atoms with Gasteiger partial charge in [0.2, 0.25) is 0 Å². The second-order valence-corrected chi connectivity index (χ2v) is 5.54. The lowest BCUT2D eigenvalue weighted by Gasteiger charge is -2.32. The third kappa shape index (κ3) is 3.96. The Morgan fingerprint density at radius 1 is 1.41 bits per heavy atom. The summed E-state index contributed by atoms with van der Waals surface area (Å²) >= 11 is 3.40. The fraction of sp³-hybridized carbons (Fsp3) is 0.615. The van der Waals surface area contributed by atoms with Gasteiger partial charge in [-0.2, -0.15) is 0 Å². The molecule has 2 rings (SSSR count). The summed E-state index contributed by atoms with van der Waals surface area (Å²) in [6, 6.07) is 4.64. The van der Waals surface area contributed by atoms with Crippen molar-refractivity contribution in [1.82, 2.24) is 9.88 Å². The fourth-order valence-electron chi connectivity index (χ4n) is 2.29. The van der Waals surface area contributed by atoms with Crippen molar-refractivity contribution >= 4 is 21.7 Å². The number of anilines is 1. The average Bonchev–Trinajstić information content (AvgIpc) is 2.35. The van der Waals surface area contributed by atoms with Crippen LogP contribution in [0, 0.1) is 0 Å². The Hall–Kier alpha value is -0.610. The molecular formula is C13H20BrN3. The first-order valence-corrected chi connectivity index (χ1v) is 7.17. The van der Waals surface area contributed by atoms with Crippen LogP contribution in [0.4, 0.5) is 5.82 Å². The highest BCUT2D eigenvalue weighted by Crippen LogP contribution is 2.16. The predicted molar refractivity (Wildman–Crippen MR) is 75.3 cm³/mol. The molecule has 1 N–H and O–H groups in total. The Bertz CT molecular complexity index is 331. The molecule has 1 aromatic rings. The number of hydrogen-bond donors (Lipinski definition) is 1. The standard InChI is InChI=1S/C13H20BrN3/c1-2-7-17-8-5-12(6-9-17)16-13-4-3-11(14)10-15-13/h3-4,10,12H,2,5-9H2,1H3,(H,15,16). The lowest BCUT2D eigenvalue weighted by atomic mass is 10.0. The Morgan fingerprint density at radius 2 is 2.18 bits per heavy atom. The number of piperidine rings is 1. The van der Waals surface area contributed by atoms with Crippen LogP contribution in [-0.2, 0) is 0 Å². The molecule has 3 nitrogen and oxygen atoms in total. The highest BCUT2D eigenvalue weighted by molar-refractivity contribution is 9.10. The van der Waals surface area contributed by atoms with Crippen molar-refractivity contribution in [2.75, 3.05) is 25.0 Å². The number of nitrogens with zero attached hydrogens (tertiary/aromatic N) is 2. The molecule has 1 aliphatic heterocycles. The van der Waals surface area contributed by atoms with E-state index < -0.39 is 0 Å². The number of rotatable bonds is 4. The minimum atomic E-state index is 0.580. The zero-order valence-electron chi connectivity index (χ0n) is 10.3. The molecule has 1 fully saturated rings. The quantitative estimate of drug-likeness (QED) is 0.925. The van der Waals surface area contributed by atoms with E-state index >= 15 is 0 Å². The van der Waals surface area contributed by atoms with Crippen molar-refractivity contribution in [1.29, 1.82) is 0 Å². The highest BCUT2D eigenvalue weighted by Gasteiger charge is 2.18. The predicted octanol–water partition coefficient (Wildman–Crippen LogP) is 3.13. The SMILES string of the molecule is CCCN1CCC(Nc2ccc(Br)cn2)CC1. The van der Waals surface area contributed by atoms with Crippen LogP contribution >= 0.6 is 15.9 Å². The molecule has 1 saturated heterocycles. The van der Waals surface area contributed by atoms with Gasteiger partial charge in [0.15, 0.2) is 0 Å². The lowest BCUT2D eigenvalue weighted by molar-refractivity contribution is 0.219. The van der Waals surface area contributed by atoms with Gasteiger partial charge in [-0.15, -0.1) is 0 Å². The van der Waals surface area contributed by atoms with E-state index in [0.29, 0.717) is 6.04 Å². The number of hydrogen-bond acceptors (Lipinski definition) is 3. The van der Waals surface area contributed by atoms with Crippen LogP contribution in [0.5, 0.6) is 0 Å². The van der Waals surface area contributed by atoms with Crippen molar-refractivity contribution in [3.63, 3.8) is 0 Å². The van der Waals surface area contributed by atoms with Gasteiger partial charge in [-0.1, -0.05) is 6.92 Å². The second-order valence-electron chi connectivity index (χ2n) is 4.62. The van der Waals surface area contributed by atoms with E-state index in [1.807, 2.05) is 18.3 Å². The van der Waals surface area contributed by atoms with Crippen LogP contribution in [0.1, 0.15) is 26.2 Å². The van der Waals surface area contributed by atoms with Gasteiger partial charge in [0.25, 0.3) is 0 Å². The van der Waals surface area contributed by atoms with E-state index in [1.54, 1.807) is 0 Å². The van der Waals surface area contributed by atoms with E-state index in [-0.39, 0.29) is 0 Å². The van der Waals surface area contributed by atoms with Crippen molar-refractivity contribution in [2.45, 2.75) is 32.2 Å². The maximum atomic E-state index is 4.36. The summed E-state index contributed by atoms with van der Waals surface area (Å²) in [6.45, 7) is 5.91. The number of aromatic nitrogens is 1. The molecule has 94 valence electrons. The molecule has 4 heteroatoms. The summed E-state index contributed by atoms with van der Waals surface area (Å²) in [5.41, 5.74) is 0. The molecule has 0 atom stereocenters. The van der Waals surface area contributed by atoms with Crippen LogP contribution in [0.3, 0.4) is 0 Å². The highest BCUT2D eigenvalue weighted by atomic mass is 79.9. The molecule has 0 aliphatic carbocycles. The summed E-state index contributed by atoms with van der Waals surface area (Å²) in [4.78, 5) is 6.90. The first-order valence-electron chi connectivity index (χ1n) is 6.38. The van der Waals surface area contributed by atoms with E-state index in [2.05, 4.69) is 38.1 Å². The number of halogens is 1. The van der Waals surface area contributed by atoms with Crippen molar-refractivity contribution in [3.05, 3.63) is 22.8 Å². The van der Waals surface area contributed by atoms with Crippen molar-refractivity contribution in [2.24, 2.45) is 0 Å². The molecule has 0 aromatic carbocycles. The molecule has 1 aliphatic rings. The fourth-order valence-corrected chi connectivity index (χ4v) is 2.52. The molecule has 2 heterocycles. The first-order chi connectivity index (χ1) is 8.28. The van der Waals surface area contributed by atoms with Crippen LogP contribution in [0.2, 0.25) is 0 Å². The molecule has 0 saturated carbocycles. The Kier molecular flexibility index (Phi) is 4.80. The summed E-state index contributed by atoms with van der Waals surface area (Å²) in [5, 5.41) is 3.51. The van der Waals surface area contributed by atoms with Gasteiger partial charge >= 0.3 is 0 Å². The van der Waals surface area contributed by atoms with Crippen LogP contribution in [0.25, 0.3) is 0 Å². The van der Waals surface area contributed by atoms with Crippen molar-refractivity contribution < 1.29 is 0 Å². The van der Waals surface area contributed by atoms with Gasteiger partial charge in [0, 0.05) is 29.8 Å². The zero-order valence-corrected chi connectivity index (χ0v) is 11.9. The summed E-state index contributed by atoms with van der Waals surface area (Å²) in [7, 11) is 0. The molecular weight excluding hydrogens is 278 g/mol. The Balaban J connectivity index is 1.79. The maximum absolute atomic E-state index is 4.36. The van der Waals surface area contributed by atoms with Gasteiger partial charge in [-0.25, -0.2) is 4.98 Å². The minimum Gasteiger partial charge on any atom is -0.367 e. The largest absolute Gasteiger partial charge is 0.367 e. The Morgan fingerprint density at radius 3 is 2.76 bits per heavy atom. The zero-order chi connectivity index (χ0) is 12.1. The normalized spacial score (nSPS) is 18.2. The number of pyridine rings is 1. The molecule has 0 unspecified atom stereocenters. The lowest BCUT2D eigenvalue weighted by Crippen LogP contribution is -2.39. The third-order valence-electron chi connectivity index (χ3n) is 3.21. The number of nitrogens with one attached hydrogen (secondary N) is 1. The molecule has 0 spiro atoms. The van der Waals surface area contributed by atoms with Crippen LogP contribution in [0.15, 0.2) is 22.8 Å². The van der Waals surface area contributed by atoms with E-state index in [1.165, 1.54) is 38.9 Å². The van der Waals surface area contributed by atoms with Gasteiger partial charge in [-0.3, -0.25) is 0 Å². The van der Waals surface area contributed by atoms with E-state index in [4.69, 9.17) is 0 Å². The summed E-state index contributed by atoms with van der Waals surface area (Å²) < 4.78 is 1.03. The molecule has 17 heavy (non-hydrogen) atoms. The van der Waals surface area contributed by atoms with Crippen LogP contribution < -0.4 is 5.32 Å². The minimum absolute atomic E-state index is 0.580. The maximum Gasteiger partial charge on any atom is 0.126 e. The monoisotopic (exact) mass is 297 g/mol. The summed E-state index contributed by atoms with van der Waals surface area (Å²) in [5.74, 6) is 0.988. The van der Waals surface area contributed by atoms with Gasteiger partial charge < -0.3 is 10.2 Å². The smallest absolute Gasteiger partial charge is 0.126 e. The van der Waals surface area contributed by atoms with Gasteiger partial charge in [-0.05, 0) is 53.9 Å². The Labute approximate surface area is 112 Å². The molecule has 1 aromatic heterocycles. The van der Waals surface area contributed by atoms with Gasteiger partial charge in [0.05, 0.1) is 0 Å². The number of likely N-dealkylation sites (tertiary alicyclic amines) is 1.